The maximum atomic E-state index is 11.0. The first kappa shape index (κ1) is 13.9. The Labute approximate surface area is 113 Å². The molecule has 0 bridgehead atoms. The molecule has 1 aromatic carbocycles. The number of rotatable bonds is 4. The van der Waals surface area contributed by atoms with E-state index >= 15 is 0 Å². The number of nitro benzene ring substituents is 1. The minimum absolute atomic E-state index is 0.0648. The van der Waals surface area contributed by atoms with Crippen LogP contribution in [0.2, 0.25) is 0 Å². The Morgan fingerprint density at radius 1 is 1.26 bits per heavy atom. The highest BCUT2D eigenvalue weighted by Crippen LogP contribution is 2.24. The second kappa shape index (κ2) is 6.10. The van der Waals surface area contributed by atoms with Gasteiger partial charge in [0.05, 0.1) is 11.0 Å². The van der Waals surface area contributed by atoms with Gasteiger partial charge in [0.25, 0.3) is 5.69 Å². The minimum atomic E-state index is -0.322. The van der Waals surface area contributed by atoms with Crippen LogP contribution in [0.5, 0.6) is 0 Å². The van der Waals surface area contributed by atoms with Crippen LogP contribution >= 0.6 is 0 Å². The number of para-hydroxylation sites is 1. The van der Waals surface area contributed by atoms with Crippen LogP contribution in [0.25, 0.3) is 0 Å². The lowest BCUT2D eigenvalue weighted by Crippen LogP contribution is -2.51. The smallest absolute Gasteiger partial charge is 0.274 e. The number of nitrogens with zero attached hydrogens (tertiary/aromatic N) is 3. The van der Waals surface area contributed by atoms with Gasteiger partial charge in [-0.25, -0.2) is 10.4 Å². The number of piperazine rings is 1. The van der Waals surface area contributed by atoms with Crippen molar-refractivity contribution in [2.45, 2.75) is 13.0 Å². The van der Waals surface area contributed by atoms with Gasteiger partial charge in [0.2, 0.25) is 0 Å². The molecule has 0 saturated carbocycles. The van der Waals surface area contributed by atoms with Crippen LogP contribution in [0.1, 0.15) is 18.5 Å². The van der Waals surface area contributed by atoms with Gasteiger partial charge in [-0.3, -0.25) is 10.1 Å². The predicted octanol–water partition coefficient (Wildman–Crippen LogP) is 1.41. The van der Waals surface area contributed by atoms with Gasteiger partial charge in [-0.05, 0) is 14.0 Å². The number of hydrogen-bond acceptors (Lipinski definition) is 5. The van der Waals surface area contributed by atoms with E-state index in [2.05, 4.69) is 22.4 Å². The standard InChI is InChI=1S/C13H20N4O2/c1-11(14-16-9-7-15(2)8-10-16)12-5-3-4-6-13(12)17(18)19/h3-6,11,14H,7-10H2,1-2H3. The Bertz CT molecular complexity index is 444. The van der Waals surface area contributed by atoms with Gasteiger partial charge in [0, 0.05) is 37.8 Å². The van der Waals surface area contributed by atoms with E-state index < -0.39 is 0 Å². The average Bonchev–Trinajstić information content (AvgIpc) is 2.41. The zero-order valence-corrected chi connectivity index (χ0v) is 11.4. The van der Waals surface area contributed by atoms with E-state index in [0.717, 1.165) is 31.7 Å². The number of likely N-dealkylation sites (N-methyl/N-ethyl adjacent to an activating group) is 1. The molecule has 2 rings (SSSR count). The lowest BCUT2D eigenvalue weighted by molar-refractivity contribution is -0.385. The Morgan fingerprint density at radius 2 is 1.89 bits per heavy atom. The van der Waals surface area contributed by atoms with Crippen LogP contribution in [0.15, 0.2) is 24.3 Å². The Morgan fingerprint density at radius 3 is 2.53 bits per heavy atom. The van der Waals surface area contributed by atoms with Crippen molar-refractivity contribution in [1.82, 2.24) is 15.3 Å². The molecule has 6 nitrogen and oxygen atoms in total. The maximum Gasteiger partial charge on any atom is 0.274 e. The molecule has 104 valence electrons. The first-order chi connectivity index (χ1) is 9.08. The summed E-state index contributed by atoms with van der Waals surface area (Å²) in [5, 5.41) is 13.2. The summed E-state index contributed by atoms with van der Waals surface area (Å²) in [6, 6.07) is 6.84. The van der Waals surface area contributed by atoms with E-state index in [-0.39, 0.29) is 16.7 Å². The largest absolute Gasteiger partial charge is 0.304 e. The van der Waals surface area contributed by atoms with Gasteiger partial charge in [0.1, 0.15) is 0 Å². The van der Waals surface area contributed by atoms with Crippen molar-refractivity contribution < 1.29 is 4.92 Å². The molecule has 0 radical (unpaired) electrons. The quantitative estimate of drug-likeness (QED) is 0.658. The highest BCUT2D eigenvalue weighted by atomic mass is 16.6. The first-order valence-corrected chi connectivity index (χ1v) is 6.51. The van der Waals surface area contributed by atoms with Crippen molar-refractivity contribution in [3.8, 4) is 0 Å². The van der Waals surface area contributed by atoms with Crippen molar-refractivity contribution >= 4 is 5.69 Å². The fourth-order valence-corrected chi connectivity index (χ4v) is 2.30. The SMILES string of the molecule is CC(NN1CCN(C)CC1)c1ccccc1[N+](=O)[O-]. The minimum Gasteiger partial charge on any atom is -0.304 e. The molecule has 1 heterocycles. The third kappa shape index (κ3) is 3.50. The fourth-order valence-electron chi connectivity index (χ4n) is 2.30. The molecule has 0 spiro atoms. The van der Waals surface area contributed by atoms with Crippen molar-refractivity contribution in [1.29, 1.82) is 0 Å². The third-order valence-corrected chi connectivity index (χ3v) is 3.48. The molecule has 1 unspecified atom stereocenters. The van der Waals surface area contributed by atoms with Crippen molar-refractivity contribution in [3.63, 3.8) is 0 Å². The summed E-state index contributed by atoms with van der Waals surface area (Å²) in [5.74, 6) is 0. The Balaban J connectivity index is 2.03. The van der Waals surface area contributed by atoms with Gasteiger partial charge in [-0.15, -0.1) is 0 Å². The van der Waals surface area contributed by atoms with Crippen LogP contribution in [-0.2, 0) is 0 Å². The second-order valence-electron chi connectivity index (χ2n) is 4.96. The normalized spacial score (nSPS) is 19.3. The lowest BCUT2D eigenvalue weighted by Gasteiger charge is -2.34. The van der Waals surface area contributed by atoms with Crippen LogP contribution in [0, 0.1) is 10.1 Å². The molecule has 1 fully saturated rings. The van der Waals surface area contributed by atoms with E-state index in [1.54, 1.807) is 12.1 Å². The zero-order chi connectivity index (χ0) is 13.8. The van der Waals surface area contributed by atoms with Crippen LogP contribution in [-0.4, -0.2) is 48.1 Å². The maximum absolute atomic E-state index is 11.0. The van der Waals surface area contributed by atoms with Crippen molar-refractivity contribution in [2.75, 3.05) is 33.2 Å². The Hall–Kier alpha value is -1.50. The Kier molecular flexibility index (Phi) is 4.47. The highest BCUT2D eigenvalue weighted by Gasteiger charge is 2.21. The molecule has 1 aliphatic heterocycles. The summed E-state index contributed by atoms with van der Waals surface area (Å²) in [7, 11) is 2.10. The van der Waals surface area contributed by atoms with E-state index in [1.165, 1.54) is 0 Å². The van der Waals surface area contributed by atoms with Gasteiger partial charge in [0.15, 0.2) is 0 Å². The lowest BCUT2D eigenvalue weighted by atomic mass is 10.1. The topological polar surface area (TPSA) is 61.6 Å². The van der Waals surface area contributed by atoms with Crippen molar-refractivity contribution in [2.24, 2.45) is 0 Å². The summed E-state index contributed by atoms with van der Waals surface area (Å²) in [4.78, 5) is 13.0. The van der Waals surface area contributed by atoms with E-state index in [9.17, 15) is 10.1 Å². The molecule has 1 aliphatic rings. The first-order valence-electron chi connectivity index (χ1n) is 6.51. The summed E-state index contributed by atoms with van der Waals surface area (Å²) < 4.78 is 0. The molecule has 1 aromatic rings. The summed E-state index contributed by atoms with van der Waals surface area (Å²) >= 11 is 0. The molecule has 0 aromatic heterocycles. The fraction of sp³-hybridized carbons (Fsp3) is 0.538. The second-order valence-corrected chi connectivity index (χ2v) is 4.96. The molecule has 1 atom stereocenters. The number of benzene rings is 1. The van der Waals surface area contributed by atoms with E-state index in [1.807, 2.05) is 19.1 Å². The number of hydrogen-bond donors (Lipinski definition) is 1. The molecule has 1 saturated heterocycles. The molecule has 6 heteroatoms. The number of hydrazine groups is 1. The third-order valence-electron chi connectivity index (χ3n) is 3.48. The number of nitro groups is 1. The summed E-state index contributed by atoms with van der Waals surface area (Å²) in [6.45, 7) is 5.84. The molecular weight excluding hydrogens is 244 g/mol. The van der Waals surface area contributed by atoms with Crippen molar-refractivity contribution in [3.05, 3.63) is 39.9 Å². The van der Waals surface area contributed by atoms with Gasteiger partial charge in [-0.2, -0.15) is 0 Å². The van der Waals surface area contributed by atoms with Gasteiger partial charge in [-0.1, -0.05) is 18.2 Å². The molecule has 0 amide bonds. The van der Waals surface area contributed by atoms with Crippen LogP contribution in [0.4, 0.5) is 5.69 Å². The molecule has 1 N–H and O–H groups in total. The molecular formula is C13H20N4O2. The predicted molar refractivity (Wildman–Crippen MR) is 73.7 cm³/mol. The van der Waals surface area contributed by atoms with E-state index in [4.69, 9.17) is 0 Å². The van der Waals surface area contributed by atoms with Crippen LogP contribution < -0.4 is 5.43 Å². The van der Waals surface area contributed by atoms with Gasteiger partial charge < -0.3 is 4.90 Å². The summed E-state index contributed by atoms with van der Waals surface area (Å²) in [5.41, 5.74) is 4.26. The molecule has 19 heavy (non-hydrogen) atoms. The van der Waals surface area contributed by atoms with Gasteiger partial charge >= 0.3 is 0 Å². The van der Waals surface area contributed by atoms with Crippen LogP contribution in [0.3, 0.4) is 0 Å². The summed E-state index contributed by atoms with van der Waals surface area (Å²) in [6.07, 6.45) is 0. The highest BCUT2D eigenvalue weighted by molar-refractivity contribution is 5.41. The number of nitrogens with one attached hydrogen (secondary N) is 1. The van der Waals surface area contributed by atoms with E-state index in [0.29, 0.717) is 0 Å². The molecule has 0 aliphatic carbocycles. The monoisotopic (exact) mass is 264 g/mol. The zero-order valence-electron chi connectivity index (χ0n) is 11.4. The average molecular weight is 264 g/mol.